The zero-order valence-electron chi connectivity index (χ0n) is 15.9. The Morgan fingerprint density at radius 3 is 2.35 bits per heavy atom. The lowest BCUT2D eigenvalue weighted by atomic mass is 10.0. The molecule has 0 heterocycles. The van der Waals surface area contributed by atoms with Crippen LogP contribution in [0, 0.1) is 0 Å². The first-order valence-corrected chi connectivity index (χ1v) is 8.67. The van der Waals surface area contributed by atoms with Crippen molar-refractivity contribution < 1.29 is 24.2 Å². The molecule has 26 heavy (non-hydrogen) atoms. The average molecular weight is 384 g/mol. The number of halogens is 1. The van der Waals surface area contributed by atoms with E-state index in [9.17, 15) is 14.7 Å². The summed E-state index contributed by atoms with van der Waals surface area (Å²) < 4.78 is 10.9. The summed E-state index contributed by atoms with van der Waals surface area (Å²) in [4.78, 5) is 23.6. The fourth-order valence-electron chi connectivity index (χ4n) is 2.09. The number of carbonyl (C=O) groups excluding carboxylic acids is 1. The number of rotatable bonds is 6. The number of amides is 1. The van der Waals surface area contributed by atoms with Gasteiger partial charge in [-0.1, -0.05) is 11.6 Å². The van der Waals surface area contributed by atoms with Crippen molar-refractivity contribution in [2.75, 3.05) is 0 Å². The van der Waals surface area contributed by atoms with Gasteiger partial charge in [0.05, 0.1) is 17.7 Å². The molecule has 2 N–H and O–H groups in total. The predicted molar refractivity (Wildman–Crippen MR) is 102 cm³/mol. The largest absolute Gasteiger partial charge is 0.490 e. The molecule has 1 rings (SSSR count). The molecule has 0 fully saturated rings. The minimum atomic E-state index is -1.16. The number of hydrogen-bond acceptors (Lipinski definition) is 4. The van der Waals surface area contributed by atoms with Gasteiger partial charge in [-0.05, 0) is 65.8 Å². The van der Waals surface area contributed by atoms with Gasteiger partial charge in [-0.15, -0.1) is 0 Å². The van der Waals surface area contributed by atoms with E-state index >= 15 is 0 Å². The molecule has 1 amide bonds. The highest BCUT2D eigenvalue weighted by Crippen LogP contribution is 2.27. The van der Waals surface area contributed by atoms with Crippen LogP contribution in [-0.2, 0) is 9.53 Å². The molecule has 7 heteroatoms. The van der Waals surface area contributed by atoms with E-state index in [0.29, 0.717) is 16.3 Å². The van der Waals surface area contributed by atoms with E-state index in [4.69, 9.17) is 21.1 Å². The van der Waals surface area contributed by atoms with Crippen molar-refractivity contribution in [1.82, 2.24) is 5.32 Å². The fourth-order valence-corrected chi connectivity index (χ4v) is 2.28. The van der Waals surface area contributed by atoms with Gasteiger partial charge in [-0.3, -0.25) is 0 Å². The lowest BCUT2D eigenvalue weighted by Gasteiger charge is -2.22. The Labute approximate surface area is 159 Å². The second kappa shape index (κ2) is 8.94. The Hall–Kier alpha value is -2.21. The van der Waals surface area contributed by atoms with Gasteiger partial charge in [-0.2, -0.15) is 0 Å². The quantitative estimate of drug-likeness (QED) is 0.706. The Bertz CT molecular complexity index is 692. The molecule has 0 saturated heterocycles. The second-order valence-electron chi connectivity index (χ2n) is 7.12. The zero-order valence-corrected chi connectivity index (χ0v) is 16.7. The number of benzene rings is 1. The third-order valence-corrected chi connectivity index (χ3v) is 3.33. The third-order valence-electron chi connectivity index (χ3n) is 3.09. The summed E-state index contributed by atoms with van der Waals surface area (Å²) in [6, 6.07) is 4.18. The van der Waals surface area contributed by atoms with Crippen molar-refractivity contribution in [3.8, 4) is 5.75 Å². The first-order chi connectivity index (χ1) is 11.9. The van der Waals surface area contributed by atoms with Gasteiger partial charge in [0.25, 0.3) is 0 Å². The lowest BCUT2D eigenvalue weighted by molar-refractivity contribution is -0.132. The first-order valence-electron chi connectivity index (χ1n) is 8.29. The number of hydrogen-bond donors (Lipinski definition) is 2. The highest BCUT2D eigenvalue weighted by Gasteiger charge is 2.23. The van der Waals surface area contributed by atoms with Crippen molar-refractivity contribution in [3.63, 3.8) is 0 Å². The summed E-state index contributed by atoms with van der Waals surface area (Å²) in [5, 5.41) is 12.5. The van der Waals surface area contributed by atoms with Crippen LogP contribution in [0.2, 0.25) is 5.02 Å². The molecule has 144 valence electrons. The smallest absolute Gasteiger partial charge is 0.408 e. The number of carboxylic acid groups (broad SMARTS) is 1. The normalized spacial score (nSPS) is 13.3. The first kappa shape index (κ1) is 21.8. The molecule has 1 unspecified atom stereocenters. The summed E-state index contributed by atoms with van der Waals surface area (Å²) >= 11 is 6.03. The van der Waals surface area contributed by atoms with Crippen molar-refractivity contribution in [2.45, 2.75) is 59.3 Å². The van der Waals surface area contributed by atoms with Gasteiger partial charge in [0.2, 0.25) is 0 Å². The maximum absolute atomic E-state index is 11.9. The second-order valence-corrected chi connectivity index (χ2v) is 7.56. The molecule has 6 nitrogen and oxygen atoms in total. The monoisotopic (exact) mass is 383 g/mol. The van der Waals surface area contributed by atoms with Gasteiger partial charge in [0.1, 0.15) is 11.4 Å². The van der Waals surface area contributed by atoms with Crippen LogP contribution in [0.15, 0.2) is 23.8 Å². The molecule has 0 aliphatic rings. The van der Waals surface area contributed by atoms with E-state index in [2.05, 4.69) is 5.32 Å². The summed E-state index contributed by atoms with van der Waals surface area (Å²) in [6.45, 7) is 10.5. The van der Waals surface area contributed by atoms with Crippen LogP contribution in [0.3, 0.4) is 0 Å². The van der Waals surface area contributed by atoms with Crippen LogP contribution >= 0.6 is 11.6 Å². The van der Waals surface area contributed by atoms with Crippen LogP contribution < -0.4 is 10.1 Å². The number of ether oxygens (including phenoxy) is 2. The minimum absolute atomic E-state index is 0.0215. The maximum Gasteiger partial charge on any atom is 0.408 e. The summed E-state index contributed by atoms with van der Waals surface area (Å²) in [5.74, 6) is -0.656. The van der Waals surface area contributed by atoms with E-state index < -0.39 is 23.7 Å². The topological polar surface area (TPSA) is 84.9 Å². The lowest BCUT2D eigenvalue weighted by Crippen LogP contribution is -2.39. The van der Waals surface area contributed by atoms with Crippen molar-refractivity contribution in [3.05, 3.63) is 34.4 Å². The third kappa shape index (κ3) is 7.35. The summed E-state index contributed by atoms with van der Waals surface area (Å²) in [6.07, 6.45) is 0.657. The molecule has 0 saturated carbocycles. The molecule has 0 radical (unpaired) electrons. The predicted octanol–water partition coefficient (Wildman–Crippen LogP) is 4.51. The molecule has 0 aliphatic carbocycles. The van der Waals surface area contributed by atoms with Gasteiger partial charge >= 0.3 is 12.1 Å². The van der Waals surface area contributed by atoms with Crippen molar-refractivity contribution >= 4 is 29.7 Å². The molecule has 0 bridgehead atoms. The van der Waals surface area contributed by atoms with E-state index in [0.717, 1.165) is 0 Å². The highest BCUT2D eigenvalue weighted by atomic mass is 35.5. The van der Waals surface area contributed by atoms with Gasteiger partial charge in [-0.25, -0.2) is 9.59 Å². The average Bonchev–Trinajstić information content (AvgIpc) is 2.44. The van der Waals surface area contributed by atoms with Crippen LogP contribution in [-0.4, -0.2) is 34.9 Å². The number of aliphatic carboxylic acids is 1. The Kier molecular flexibility index (Phi) is 7.51. The Morgan fingerprint density at radius 1 is 1.23 bits per heavy atom. The van der Waals surface area contributed by atoms with Crippen LogP contribution in [0.25, 0.3) is 6.08 Å². The summed E-state index contributed by atoms with van der Waals surface area (Å²) in [5.41, 5.74) is -0.185. The van der Waals surface area contributed by atoms with Crippen molar-refractivity contribution in [2.24, 2.45) is 0 Å². The van der Waals surface area contributed by atoms with Crippen LogP contribution in [0.5, 0.6) is 5.75 Å². The molecule has 1 aromatic carbocycles. The number of carbonyl (C=O) groups is 2. The van der Waals surface area contributed by atoms with E-state index in [-0.39, 0.29) is 11.7 Å². The molecule has 0 aliphatic heterocycles. The van der Waals surface area contributed by atoms with Crippen LogP contribution in [0.1, 0.15) is 47.1 Å². The van der Waals surface area contributed by atoms with E-state index in [1.54, 1.807) is 45.9 Å². The van der Waals surface area contributed by atoms with Crippen LogP contribution in [0.4, 0.5) is 4.79 Å². The van der Waals surface area contributed by atoms with Crippen molar-refractivity contribution in [1.29, 1.82) is 0 Å². The molecule has 1 aromatic rings. The minimum Gasteiger partial charge on any atom is -0.490 e. The maximum atomic E-state index is 11.9. The highest BCUT2D eigenvalue weighted by molar-refractivity contribution is 6.30. The standard InChI is InChI=1S/C19H26ClNO5/c1-11(2)25-16-8-7-14(20)9-13(16)10-15(17(22)23)12(3)21-18(24)26-19(4,5)6/h7-12H,1-6H3,(H,21,24)(H,22,23). The van der Waals surface area contributed by atoms with Gasteiger partial charge in [0.15, 0.2) is 0 Å². The molecular weight excluding hydrogens is 358 g/mol. The van der Waals surface area contributed by atoms with E-state index in [1.807, 2.05) is 13.8 Å². The Balaban J connectivity index is 3.15. The summed E-state index contributed by atoms with van der Waals surface area (Å²) in [7, 11) is 0. The SMILES string of the molecule is CC(C)Oc1ccc(Cl)cc1C=C(C(=O)O)C(C)NC(=O)OC(C)(C)C. The molecular formula is C19H26ClNO5. The molecule has 0 aromatic heterocycles. The number of nitrogens with one attached hydrogen (secondary N) is 1. The number of carboxylic acids is 1. The van der Waals surface area contributed by atoms with E-state index in [1.165, 1.54) is 6.08 Å². The van der Waals surface area contributed by atoms with Gasteiger partial charge in [0, 0.05) is 10.6 Å². The zero-order chi connectivity index (χ0) is 20.1. The fraction of sp³-hybridized carbons (Fsp3) is 0.474. The molecule has 1 atom stereocenters. The van der Waals surface area contributed by atoms with Gasteiger partial charge < -0.3 is 19.9 Å². The number of alkyl carbamates (subject to hydrolysis) is 1. The molecule has 0 spiro atoms. The Morgan fingerprint density at radius 2 is 1.85 bits per heavy atom.